The number of nitrogens with one attached hydrogen (secondary N) is 1. The van der Waals surface area contributed by atoms with Crippen LogP contribution in [-0.2, 0) is 28.0 Å². The second-order valence-electron chi connectivity index (χ2n) is 11.1. The van der Waals surface area contributed by atoms with Gasteiger partial charge in [0.05, 0.1) is 28.7 Å². The molecule has 4 N–H and O–H groups in total. The fraction of sp³-hybridized carbons (Fsp3) is 0.241. The number of nitrogen functional groups attached to an aromatic ring is 1. The Labute approximate surface area is 247 Å². The Morgan fingerprint density at radius 1 is 1.19 bits per heavy atom. The number of anilines is 2. The molecule has 0 saturated heterocycles. The summed E-state index contributed by atoms with van der Waals surface area (Å²) >= 11 is 6.25. The first kappa shape index (κ1) is 28.2. The van der Waals surface area contributed by atoms with Crippen molar-refractivity contribution in [2.75, 3.05) is 11.1 Å². The van der Waals surface area contributed by atoms with Gasteiger partial charge in [0.25, 0.3) is 0 Å². The number of benzene rings is 2. The Morgan fingerprint density at radius 3 is 2.67 bits per heavy atom. The van der Waals surface area contributed by atoms with Crippen molar-refractivity contribution in [2.45, 2.75) is 39.2 Å². The predicted molar refractivity (Wildman–Crippen MR) is 152 cm³/mol. The van der Waals surface area contributed by atoms with Gasteiger partial charge in [-0.15, -0.1) is 0 Å². The topological polar surface area (TPSA) is 162 Å². The summed E-state index contributed by atoms with van der Waals surface area (Å²) < 4.78 is 35.1. The third-order valence-electron chi connectivity index (χ3n) is 7.57. The molecule has 1 aliphatic heterocycles. The van der Waals surface area contributed by atoms with E-state index in [2.05, 4.69) is 25.4 Å². The van der Waals surface area contributed by atoms with Crippen LogP contribution in [0, 0.1) is 17.0 Å². The molecule has 0 fully saturated rings. The monoisotopic (exact) mass is 607 g/mol. The number of fused-ring (bicyclic) bond motifs is 2. The van der Waals surface area contributed by atoms with E-state index in [1.165, 1.54) is 17.0 Å². The van der Waals surface area contributed by atoms with Crippen LogP contribution in [0.15, 0.2) is 47.1 Å². The maximum absolute atomic E-state index is 14.5. The number of carboxylic acids is 1. The first-order chi connectivity index (χ1) is 20.3. The van der Waals surface area contributed by atoms with E-state index >= 15 is 0 Å². The Hall–Kier alpha value is -4.91. The van der Waals surface area contributed by atoms with E-state index in [4.69, 9.17) is 21.8 Å². The van der Waals surface area contributed by atoms with Gasteiger partial charge in [-0.3, -0.25) is 14.3 Å². The molecule has 3 aromatic heterocycles. The van der Waals surface area contributed by atoms with E-state index in [0.29, 0.717) is 27.3 Å². The Bertz CT molecular complexity index is 1970. The fourth-order valence-corrected chi connectivity index (χ4v) is 5.27. The minimum absolute atomic E-state index is 0.00804. The second kappa shape index (κ2) is 9.83. The van der Waals surface area contributed by atoms with Crippen molar-refractivity contribution < 1.29 is 27.9 Å². The molecule has 6 rings (SSSR count). The Morgan fingerprint density at radius 2 is 1.95 bits per heavy atom. The highest BCUT2D eigenvalue weighted by Gasteiger charge is 2.51. The molecule has 0 spiro atoms. The van der Waals surface area contributed by atoms with Crippen LogP contribution in [0.1, 0.15) is 43.5 Å². The van der Waals surface area contributed by atoms with Gasteiger partial charge in [-0.1, -0.05) is 17.7 Å². The summed E-state index contributed by atoms with van der Waals surface area (Å²) in [5.74, 6) is -2.76. The molecule has 2 aromatic carbocycles. The maximum Gasteiger partial charge on any atom is 0.309 e. The van der Waals surface area contributed by atoms with Gasteiger partial charge in [-0.25, -0.2) is 23.7 Å². The summed E-state index contributed by atoms with van der Waals surface area (Å²) in [4.78, 5) is 38.4. The number of nitrogens with two attached hydrogens (primary N) is 1. The van der Waals surface area contributed by atoms with Crippen LogP contribution in [0.2, 0.25) is 5.02 Å². The molecule has 0 aliphatic carbocycles. The number of hydrogen-bond donors (Lipinski definition) is 3. The number of rotatable bonds is 7. The van der Waals surface area contributed by atoms with Crippen LogP contribution in [0.3, 0.4) is 0 Å². The van der Waals surface area contributed by atoms with Crippen LogP contribution in [-0.4, -0.2) is 41.7 Å². The lowest BCUT2D eigenvalue weighted by molar-refractivity contribution is -0.146. The van der Waals surface area contributed by atoms with Gasteiger partial charge in [0.15, 0.2) is 11.2 Å². The fourth-order valence-electron chi connectivity index (χ4n) is 5.11. The van der Waals surface area contributed by atoms with E-state index in [1.54, 1.807) is 39.0 Å². The minimum Gasteiger partial charge on any atom is -0.481 e. The van der Waals surface area contributed by atoms with E-state index in [0.717, 1.165) is 12.1 Å². The quantitative estimate of drug-likeness (QED) is 0.232. The van der Waals surface area contributed by atoms with Gasteiger partial charge in [-0.2, -0.15) is 5.10 Å². The number of aliphatic carboxylic acids is 1. The highest BCUT2D eigenvalue weighted by atomic mass is 35.5. The van der Waals surface area contributed by atoms with Gasteiger partial charge >= 0.3 is 5.97 Å². The number of halogens is 3. The molecule has 1 aliphatic rings. The zero-order chi connectivity index (χ0) is 30.8. The molecular formula is C29H24ClF2N7O4. The second-order valence-corrected chi connectivity index (χ2v) is 11.6. The van der Waals surface area contributed by atoms with Gasteiger partial charge in [0, 0.05) is 28.5 Å². The summed E-state index contributed by atoms with van der Waals surface area (Å²) in [5.41, 5.74) is 5.46. The minimum atomic E-state index is -1.50. The number of carboxylic acid groups (broad SMARTS) is 1. The zero-order valence-electron chi connectivity index (χ0n) is 23.1. The summed E-state index contributed by atoms with van der Waals surface area (Å²) in [6.07, 6.45) is 1.39. The highest BCUT2D eigenvalue weighted by Crippen LogP contribution is 2.45. The zero-order valence-corrected chi connectivity index (χ0v) is 23.8. The average molecular weight is 608 g/mol. The molecule has 1 atom stereocenters. The lowest BCUT2D eigenvalue weighted by Crippen LogP contribution is -2.33. The van der Waals surface area contributed by atoms with Crippen molar-refractivity contribution >= 4 is 46.0 Å². The van der Waals surface area contributed by atoms with Crippen LogP contribution >= 0.6 is 11.6 Å². The first-order valence-electron chi connectivity index (χ1n) is 13.1. The van der Waals surface area contributed by atoms with E-state index in [9.17, 15) is 23.5 Å². The highest BCUT2D eigenvalue weighted by molar-refractivity contribution is 6.31. The predicted octanol–water partition coefficient (Wildman–Crippen LogP) is 4.95. The molecule has 1 amide bonds. The maximum atomic E-state index is 14.5. The number of hydrogen-bond acceptors (Lipinski definition) is 8. The summed E-state index contributed by atoms with van der Waals surface area (Å²) in [7, 11) is 0. The lowest BCUT2D eigenvalue weighted by Gasteiger charge is -2.19. The summed E-state index contributed by atoms with van der Waals surface area (Å²) in [6, 6.07) is 8.30. The number of nitrogens with zero attached hydrogens (tertiary/aromatic N) is 5. The standard InChI is InChI=1S/C29H24ClF2N7O4/c1-28(2,27(41)42)10-16-12-43-26(34-16)29(3)20-22(33)35-24(36-23(20)37-25(29)40)21-17-7-5-14(30)8-19(17)39(38-21)11-13-4-6-15(31)9-18(13)32/h4-9,12H,10-11H2,1-3H3,(H,41,42)(H3,33,35,36,37,40). The van der Waals surface area contributed by atoms with Crippen molar-refractivity contribution in [3.8, 4) is 11.5 Å². The molecule has 0 saturated carbocycles. The van der Waals surface area contributed by atoms with Gasteiger partial charge < -0.3 is 20.6 Å². The van der Waals surface area contributed by atoms with Crippen LogP contribution in [0.5, 0.6) is 0 Å². The third-order valence-corrected chi connectivity index (χ3v) is 7.80. The van der Waals surface area contributed by atoms with E-state index in [-0.39, 0.29) is 47.4 Å². The molecule has 11 nitrogen and oxygen atoms in total. The number of carbonyl (C=O) groups is 2. The first-order valence-corrected chi connectivity index (χ1v) is 13.4. The summed E-state index contributed by atoms with van der Waals surface area (Å²) in [5, 5.41) is 17.8. The SMILES string of the molecule is CC(C)(Cc1coc(C2(C)C(=O)Nc3nc(-c4nn(Cc5ccc(F)cc5F)c5cc(Cl)ccc45)nc(N)c32)n1)C(=O)O. The Balaban J connectivity index is 1.42. The van der Waals surface area contributed by atoms with E-state index in [1.807, 2.05) is 0 Å². The third kappa shape index (κ3) is 4.65. The number of amides is 1. The smallest absolute Gasteiger partial charge is 0.309 e. The van der Waals surface area contributed by atoms with Crippen molar-refractivity contribution in [3.05, 3.63) is 82.0 Å². The summed E-state index contributed by atoms with van der Waals surface area (Å²) in [6.45, 7) is 4.65. The van der Waals surface area contributed by atoms with Gasteiger partial charge in [-0.05, 0) is 45.0 Å². The largest absolute Gasteiger partial charge is 0.481 e. The van der Waals surface area contributed by atoms with Crippen molar-refractivity contribution in [2.24, 2.45) is 5.41 Å². The molecule has 1 unspecified atom stereocenters. The van der Waals surface area contributed by atoms with Crippen LogP contribution in [0.25, 0.3) is 22.4 Å². The number of aromatic nitrogens is 5. The van der Waals surface area contributed by atoms with Gasteiger partial charge in [0.2, 0.25) is 11.8 Å². The number of oxazole rings is 1. The molecule has 4 heterocycles. The van der Waals surface area contributed by atoms with Crippen LogP contribution < -0.4 is 11.1 Å². The van der Waals surface area contributed by atoms with Crippen molar-refractivity contribution in [1.82, 2.24) is 24.7 Å². The molecule has 14 heteroatoms. The van der Waals surface area contributed by atoms with Gasteiger partial charge in [0.1, 0.15) is 35.2 Å². The van der Waals surface area contributed by atoms with Crippen molar-refractivity contribution in [1.29, 1.82) is 0 Å². The number of carbonyl (C=O) groups excluding carboxylic acids is 1. The molecular weight excluding hydrogens is 584 g/mol. The normalized spacial score (nSPS) is 16.5. The van der Waals surface area contributed by atoms with Crippen molar-refractivity contribution in [3.63, 3.8) is 0 Å². The van der Waals surface area contributed by atoms with E-state index < -0.39 is 34.3 Å². The van der Waals surface area contributed by atoms with Crippen LogP contribution in [0.4, 0.5) is 20.4 Å². The molecule has 43 heavy (non-hydrogen) atoms. The Kier molecular flexibility index (Phi) is 6.45. The molecule has 0 bridgehead atoms. The molecule has 220 valence electrons. The molecule has 0 radical (unpaired) electrons. The molecule has 5 aromatic rings. The lowest BCUT2D eigenvalue weighted by atomic mass is 9.84. The average Bonchev–Trinajstić information content (AvgIpc) is 3.60.